The molecule has 2 heterocycles. The van der Waals surface area contributed by atoms with Crippen LogP contribution in [0.1, 0.15) is 5.69 Å². The van der Waals surface area contributed by atoms with Crippen LogP contribution in [0, 0.1) is 6.92 Å². The van der Waals surface area contributed by atoms with E-state index in [1.54, 1.807) is 25.1 Å². The summed E-state index contributed by atoms with van der Waals surface area (Å²) in [5.74, 6) is 0.338. The van der Waals surface area contributed by atoms with Gasteiger partial charge >= 0.3 is 95.2 Å². The second-order valence-corrected chi connectivity index (χ2v) is 5.47. The van der Waals surface area contributed by atoms with Gasteiger partial charge in [0.1, 0.15) is 0 Å². The minimum absolute atomic E-state index is 0.243. The van der Waals surface area contributed by atoms with E-state index in [2.05, 4.69) is 5.10 Å². The molecule has 2 aromatic heterocycles. The Bertz CT molecular complexity index is 533. The van der Waals surface area contributed by atoms with E-state index in [-0.39, 0.29) is 4.46 Å². The molecule has 0 unspecified atom stereocenters. The summed E-state index contributed by atoms with van der Waals surface area (Å²) in [6.07, 6.45) is 0. The third-order valence-electron chi connectivity index (χ3n) is 2.02. The number of alkyl halides is 3. The second-order valence-electron chi connectivity index (χ2n) is 3.21. The number of nitrogen functional groups attached to an aromatic ring is 1. The predicted molar refractivity (Wildman–Crippen MR) is 55.8 cm³/mol. The molecule has 2 aromatic rings. The van der Waals surface area contributed by atoms with Crippen LogP contribution in [0.4, 0.5) is 19.0 Å². The Morgan fingerprint density at radius 2 is 2.06 bits per heavy atom. The molecule has 86 valence electrons. The van der Waals surface area contributed by atoms with Gasteiger partial charge in [0.05, 0.1) is 0 Å². The molecule has 0 fully saturated rings. The first-order valence-electron chi connectivity index (χ1n) is 4.38. The molecule has 0 aromatic carbocycles. The van der Waals surface area contributed by atoms with E-state index in [0.717, 1.165) is 0 Å². The third-order valence-corrected chi connectivity index (χ3v) is 4.00. The molecule has 0 amide bonds. The van der Waals surface area contributed by atoms with E-state index >= 15 is 0 Å². The number of anilines is 1. The van der Waals surface area contributed by atoms with E-state index in [1.807, 2.05) is 0 Å². The quantitative estimate of drug-likeness (QED) is 0.800. The summed E-state index contributed by atoms with van der Waals surface area (Å²) in [6.45, 7) is 1.56. The van der Waals surface area contributed by atoms with Gasteiger partial charge in [-0.05, 0) is 0 Å². The molecule has 2 N–H and O–H groups in total. The molecule has 0 aliphatic heterocycles. The standard InChI is InChI=1S/C9H8F3N3Se/c1-5-8(16-9(10,11)12)6-3-2-4-7(13)15(6)14-5/h2-4H,13H2,1H3. The van der Waals surface area contributed by atoms with E-state index in [0.29, 0.717) is 17.0 Å². The fourth-order valence-corrected chi connectivity index (χ4v) is 2.85. The Labute approximate surface area is 95.6 Å². The number of nitrogens with two attached hydrogens (primary N) is 1. The number of nitrogens with zero attached hydrogens (tertiary/aromatic N) is 2. The molecule has 7 heteroatoms. The van der Waals surface area contributed by atoms with Gasteiger partial charge in [0.25, 0.3) is 0 Å². The number of fused-ring (bicyclic) bond motifs is 1. The van der Waals surface area contributed by atoms with Crippen molar-refractivity contribution in [2.24, 2.45) is 0 Å². The maximum absolute atomic E-state index is 12.4. The van der Waals surface area contributed by atoms with Crippen molar-refractivity contribution in [1.29, 1.82) is 0 Å². The number of aryl methyl sites for hydroxylation is 1. The molecule has 0 saturated carbocycles. The molecule has 0 aliphatic carbocycles. The number of hydrogen-bond donors (Lipinski definition) is 1. The van der Waals surface area contributed by atoms with Gasteiger partial charge in [0, 0.05) is 0 Å². The topological polar surface area (TPSA) is 43.3 Å². The molecule has 0 spiro atoms. The fourth-order valence-electron chi connectivity index (χ4n) is 1.42. The van der Waals surface area contributed by atoms with Crippen molar-refractivity contribution in [2.45, 2.75) is 12.0 Å². The Balaban J connectivity index is 2.61. The summed E-state index contributed by atoms with van der Waals surface area (Å²) in [4.78, 5) is 0. The average molecular weight is 294 g/mol. The number of aromatic nitrogens is 2. The molecular weight excluding hydrogens is 286 g/mol. The van der Waals surface area contributed by atoms with Gasteiger partial charge in [-0.2, -0.15) is 0 Å². The first-order chi connectivity index (χ1) is 7.38. The first kappa shape index (κ1) is 11.3. The fraction of sp³-hybridized carbons (Fsp3) is 0.222. The Morgan fingerprint density at radius 1 is 1.38 bits per heavy atom. The van der Waals surface area contributed by atoms with Gasteiger partial charge in [0.2, 0.25) is 0 Å². The van der Waals surface area contributed by atoms with Gasteiger partial charge in [0.15, 0.2) is 0 Å². The summed E-state index contributed by atoms with van der Waals surface area (Å²) in [5, 5.41) is -0.171. The summed E-state index contributed by atoms with van der Waals surface area (Å²) in [6, 6.07) is 4.82. The Morgan fingerprint density at radius 3 is 2.69 bits per heavy atom. The molecule has 2 rings (SSSR count). The van der Waals surface area contributed by atoms with Crippen molar-refractivity contribution in [3.8, 4) is 0 Å². The molecule has 0 atom stereocenters. The zero-order valence-electron chi connectivity index (χ0n) is 8.25. The van der Waals surface area contributed by atoms with E-state index in [9.17, 15) is 13.2 Å². The molecular formula is C9H8F3N3Se. The molecule has 16 heavy (non-hydrogen) atoms. The van der Waals surface area contributed by atoms with Crippen molar-refractivity contribution < 1.29 is 13.2 Å². The molecule has 3 nitrogen and oxygen atoms in total. The van der Waals surface area contributed by atoms with Crippen LogP contribution >= 0.6 is 0 Å². The van der Waals surface area contributed by atoms with E-state index < -0.39 is 20.0 Å². The van der Waals surface area contributed by atoms with Crippen LogP contribution < -0.4 is 10.2 Å². The number of pyridine rings is 1. The Hall–Kier alpha value is -1.20. The van der Waals surface area contributed by atoms with Crippen LogP contribution in [-0.4, -0.2) is 29.6 Å². The summed E-state index contributed by atoms with van der Waals surface area (Å²) < 4.78 is 38.7. The van der Waals surface area contributed by atoms with E-state index in [4.69, 9.17) is 5.73 Å². The normalized spacial score (nSPS) is 12.2. The van der Waals surface area contributed by atoms with Crippen molar-refractivity contribution in [2.75, 3.05) is 5.73 Å². The molecule has 0 radical (unpaired) electrons. The van der Waals surface area contributed by atoms with Gasteiger partial charge in [-0.1, -0.05) is 0 Å². The van der Waals surface area contributed by atoms with Gasteiger partial charge < -0.3 is 0 Å². The number of hydrogen-bond acceptors (Lipinski definition) is 2. The van der Waals surface area contributed by atoms with Gasteiger partial charge in [-0.15, -0.1) is 0 Å². The summed E-state index contributed by atoms with van der Waals surface area (Å²) in [5.41, 5.74) is 6.45. The third kappa shape index (κ3) is 2.01. The number of rotatable bonds is 1. The summed E-state index contributed by atoms with van der Waals surface area (Å²) >= 11 is -1.59. The second kappa shape index (κ2) is 3.68. The van der Waals surface area contributed by atoms with Crippen LogP contribution in [0.3, 0.4) is 0 Å². The van der Waals surface area contributed by atoms with Crippen LogP contribution in [-0.2, 0) is 0 Å². The van der Waals surface area contributed by atoms with Crippen molar-refractivity contribution in [3.05, 3.63) is 23.9 Å². The van der Waals surface area contributed by atoms with E-state index in [1.165, 1.54) is 4.52 Å². The Kier molecular flexibility index (Phi) is 2.59. The van der Waals surface area contributed by atoms with Crippen molar-refractivity contribution in [1.82, 2.24) is 9.61 Å². The molecule has 0 saturated heterocycles. The summed E-state index contributed by atoms with van der Waals surface area (Å²) in [7, 11) is 0. The molecule has 0 aliphatic rings. The van der Waals surface area contributed by atoms with Crippen LogP contribution in [0.2, 0.25) is 0 Å². The first-order valence-corrected chi connectivity index (χ1v) is 6.09. The zero-order chi connectivity index (χ0) is 11.9. The van der Waals surface area contributed by atoms with Crippen LogP contribution in [0.25, 0.3) is 5.52 Å². The molecule has 0 bridgehead atoms. The predicted octanol–water partition coefficient (Wildman–Crippen LogP) is 1.07. The van der Waals surface area contributed by atoms with Crippen LogP contribution in [0.5, 0.6) is 0 Å². The van der Waals surface area contributed by atoms with Crippen molar-refractivity contribution in [3.63, 3.8) is 0 Å². The zero-order valence-corrected chi connectivity index (χ0v) is 9.96. The van der Waals surface area contributed by atoms with Crippen LogP contribution in [0.15, 0.2) is 18.2 Å². The monoisotopic (exact) mass is 295 g/mol. The van der Waals surface area contributed by atoms with Gasteiger partial charge in [-0.25, -0.2) is 0 Å². The minimum atomic E-state index is -4.17. The SMILES string of the molecule is Cc1nn2c(N)cccc2c1[Se]C(F)(F)F. The number of halogens is 3. The maximum atomic E-state index is 12.4. The van der Waals surface area contributed by atoms with Crippen molar-refractivity contribution >= 4 is 30.8 Å². The average Bonchev–Trinajstić information content (AvgIpc) is 2.44. The van der Waals surface area contributed by atoms with Gasteiger partial charge in [-0.3, -0.25) is 0 Å².